The van der Waals surface area contributed by atoms with E-state index in [0.29, 0.717) is 13.1 Å². The summed E-state index contributed by atoms with van der Waals surface area (Å²) in [7, 11) is 3.54. The molecule has 0 aliphatic heterocycles. The quantitative estimate of drug-likeness (QED) is 0.852. The summed E-state index contributed by atoms with van der Waals surface area (Å²) in [6.07, 6.45) is 0.145. The smallest absolute Gasteiger partial charge is 0.304 e. The second-order valence-electron chi connectivity index (χ2n) is 4.75. The SMILES string of the molecule is COc1ccc(-c2nc(CN(C)CCC(=O)O)cs2)cc1. The zero-order valence-corrected chi connectivity index (χ0v) is 12.9. The molecule has 1 aromatic heterocycles. The number of benzene rings is 1. The maximum Gasteiger partial charge on any atom is 0.304 e. The van der Waals surface area contributed by atoms with E-state index in [0.717, 1.165) is 22.0 Å². The largest absolute Gasteiger partial charge is 0.497 e. The minimum absolute atomic E-state index is 0.145. The van der Waals surface area contributed by atoms with Gasteiger partial charge in [-0.1, -0.05) is 0 Å². The van der Waals surface area contributed by atoms with Gasteiger partial charge in [0.05, 0.1) is 19.2 Å². The van der Waals surface area contributed by atoms with Gasteiger partial charge in [0.1, 0.15) is 10.8 Å². The van der Waals surface area contributed by atoms with Crippen molar-refractivity contribution in [3.63, 3.8) is 0 Å². The van der Waals surface area contributed by atoms with Crippen molar-refractivity contribution in [1.82, 2.24) is 9.88 Å². The molecular formula is C15H18N2O3S. The first-order chi connectivity index (χ1) is 10.1. The first-order valence-electron chi connectivity index (χ1n) is 6.57. The minimum Gasteiger partial charge on any atom is -0.497 e. The lowest BCUT2D eigenvalue weighted by Gasteiger charge is -2.13. The lowest BCUT2D eigenvalue weighted by atomic mass is 10.2. The Kier molecular flexibility index (Phi) is 5.30. The summed E-state index contributed by atoms with van der Waals surface area (Å²) in [5, 5.41) is 11.6. The predicted molar refractivity (Wildman–Crippen MR) is 82.7 cm³/mol. The van der Waals surface area contributed by atoms with E-state index in [2.05, 4.69) is 4.98 Å². The summed E-state index contributed by atoms with van der Waals surface area (Å²) in [5.41, 5.74) is 2.01. The fourth-order valence-corrected chi connectivity index (χ4v) is 2.70. The minimum atomic E-state index is -0.779. The van der Waals surface area contributed by atoms with Gasteiger partial charge < -0.3 is 9.84 Å². The van der Waals surface area contributed by atoms with E-state index in [1.54, 1.807) is 18.4 Å². The maximum atomic E-state index is 10.5. The van der Waals surface area contributed by atoms with Crippen LogP contribution in [-0.4, -0.2) is 41.7 Å². The highest BCUT2D eigenvalue weighted by molar-refractivity contribution is 7.13. The van der Waals surface area contributed by atoms with Crippen LogP contribution in [0.1, 0.15) is 12.1 Å². The number of ether oxygens (including phenoxy) is 1. The summed E-state index contributed by atoms with van der Waals surface area (Å²) in [5.74, 6) is 0.0444. The Labute approximate surface area is 127 Å². The van der Waals surface area contributed by atoms with Gasteiger partial charge in [-0.25, -0.2) is 4.98 Å². The van der Waals surface area contributed by atoms with E-state index in [1.165, 1.54) is 0 Å². The van der Waals surface area contributed by atoms with E-state index in [9.17, 15) is 4.79 Å². The molecule has 6 heteroatoms. The van der Waals surface area contributed by atoms with Crippen molar-refractivity contribution >= 4 is 17.3 Å². The number of methoxy groups -OCH3 is 1. The zero-order chi connectivity index (χ0) is 15.2. The van der Waals surface area contributed by atoms with Crippen LogP contribution in [0.15, 0.2) is 29.6 Å². The Balaban J connectivity index is 1.98. The Morgan fingerprint density at radius 2 is 2.10 bits per heavy atom. The Bertz CT molecular complexity index is 595. The summed E-state index contributed by atoms with van der Waals surface area (Å²) in [4.78, 5) is 17.1. The van der Waals surface area contributed by atoms with Gasteiger partial charge in [0, 0.05) is 24.0 Å². The second kappa shape index (κ2) is 7.19. The average Bonchev–Trinajstić information content (AvgIpc) is 2.93. The predicted octanol–water partition coefficient (Wildman–Crippen LogP) is 2.73. The summed E-state index contributed by atoms with van der Waals surface area (Å²) in [6, 6.07) is 7.79. The molecule has 2 aromatic rings. The Morgan fingerprint density at radius 1 is 1.38 bits per heavy atom. The van der Waals surface area contributed by atoms with Gasteiger partial charge in [-0.05, 0) is 31.3 Å². The van der Waals surface area contributed by atoms with Crippen molar-refractivity contribution < 1.29 is 14.6 Å². The molecule has 0 atom stereocenters. The fourth-order valence-electron chi connectivity index (χ4n) is 1.89. The second-order valence-corrected chi connectivity index (χ2v) is 5.61. The van der Waals surface area contributed by atoms with Crippen LogP contribution in [0.5, 0.6) is 5.75 Å². The number of thiazole rings is 1. The normalized spacial score (nSPS) is 10.8. The van der Waals surface area contributed by atoms with Crippen molar-refractivity contribution in [2.24, 2.45) is 0 Å². The maximum absolute atomic E-state index is 10.5. The highest BCUT2D eigenvalue weighted by atomic mass is 32.1. The van der Waals surface area contributed by atoms with Crippen LogP contribution in [0.25, 0.3) is 10.6 Å². The van der Waals surface area contributed by atoms with E-state index >= 15 is 0 Å². The molecule has 0 saturated heterocycles. The lowest BCUT2D eigenvalue weighted by Crippen LogP contribution is -2.21. The highest BCUT2D eigenvalue weighted by Crippen LogP contribution is 2.26. The molecule has 0 saturated carbocycles. The lowest BCUT2D eigenvalue weighted by molar-refractivity contribution is -0.137. The number of aliphatic carboxylic acids is 1. The molecule has 0 unspecified atom stereocenters. The molecule has 1 aromatic carbocycles. The topological polar surface area (TPSA) is 62.7 Å². The molecule has 0 spiro atoms. The first kappa shape index (κ1) is 15.5. The van der Waals surface area contributed by atoms with Crippen molar-refractivity contribution in [1.29, 1.82) is 0 Å². The molecule has 0 aliphatic rings. The monoisotopic (exact) mass is 306 g/mol. The summed E-state index contributed by atoms with van der Waals surface area (Å²) in [6.45, 7) is 1.17. The number of rotatable bonds is 7. The molecular weight excluding hydrogens is 288 g/mol. The Morgan fingerprint density at radius 3 is 2.71 bits per heavy atom. The third kappa shape index (κ3) is 4.54. The van der Waals surface area contributed by atoms with Crippen LogP contribution in [0.2, 0.25) is 0 Å². The molecule has 21 heavy (non-hydrogen) atoms. The highest BCUT2D eigenvalue weighted by Gasteiger charge is 2.08. The molecule has 0 aliphatic carbocycles. The third-order valence-corrected chi connectivity index (χ3v) is 3.97. The molecule has 1 N–H and O–H groups in total. The van der Waals surface area contributed by atoms with Gasteiger partial charge >= 0.3 is 5.97 Å². The molecule has 0 fully saturated rings. The van der Waals surface area contributed by atoms with Crippen molar-refractivity contribution in [2.45, 2.75) is 13.0 Å². The van der Waals surface area contributed by atoms with E-state index in [1.807, 2.05) is 41.6 Å². The van der Waals surface area contributed by atoms with Crippen LogP contribution in [-0.2, 0) is 11.3 Å². The standard InChI is InChI=1S/C15H18N2O3S/c1-17(8-7-14(18)19)9-12-10-21-15(16-12)11-3-5-13(20-2)6-4-11/h3-6,10H,7-9H2,1-2H3,(H,18,19). The summed E-state index contributed by atoms with van der Waals surface area (Å²) >= 11 is 1.59. The van der Waals surface area contributed by atoms with Gasteiger partial charge in [0.15, 0.2) is 0 Å². The van der Waals surface area contributed by atoms with Gasteiger partial charge in [-0.15, -0.1) is 11.3 Å². The number of carboxylic acid groups (broad SMARTS) is 1. The third-order valence-electron chi connectivity index (χ3n) is 3.03. The number of nitrogens with zero attached hydrogens (tertiary/aromatic N) is 2. The van der Waals surface area contributed by atoms with E-state index in [4.69, 9.17) is 9.84 Å². The zero-order valence-electron chi connectivity index (χ0n) is 12.1. The van der Waals surface area contributed by atoms with Crippen LogP contribution < -0.4 is 4.74 Å². The number of aromatic nitrogens is 1. The van der Waals surface area contributed by atoms with E-state index < -0.39 is 5.97 Å². The first-order valence-corrected chi connectivity index (χ1v) is 7.45. The number of hydrogen-bond donors (Lipinski definition) is 1. The van der Waals surface area contributed by atoms with Crippen molar-refractivity contribution in [3.8, 4) is 16.3 Å². The molecule has 2 rings (SSSR count). The average molecular weight is 306 g/mol. The van der Waals surface area contributed by atoms with Crippen LogP contribution in [0, 0.1) is 0 Å². The van der Waals surface area contributed by atoms with Crippen molar-refractivity contribution in [3.05, 3.63) is 35.3 Å². The van der Waals surface area contributed by atoms with Crippen LogP contribution in [0.4, 0.5) is 0 Å². The molecule has 112 valence electrons. The van der Waals surface area contributed by atoms with Crippen LogP contribution >= 0.6 is 11.3 Å². The number of hydrogen-bond acceptors (Lipinski definition) is 5. The van der Waals surface area contributed by atoms with Crippen LogP contribution in [0.3, 0.4) is 0 Å². The molecule has 0 amide bonds. The molecule has 1 heterocycles. The Hall–Kier alpha value is -1.92. The van der Waals surface area contributed by atoms with Gasteiger partial charge in [-0.3, -0.25) is 9.69 Å². The number of carboxylic acids is 1. The number of carbonyl (C=O) groups is 1. The van der Waals surface area contributed by atoms with Gasteiger partial charge in [0.25, 0.3) is 0 Å². The molecule has 5 nitrogen and oxygen atoms in total. The van der Waals surface area contributed by atoms with E-state index in [-0.39, 0.29) is 6.42 Å². The molecule has 0 radical (unpaired) electrons. The molecule has 0 bridgehead atoms. The summed E-state index contributed by atoms with van der Waals surface area (Å²) < 4.78 is 5.14. The fraction of sp³-hybridized carbons (Fsp3) is 0.333. The van der Waals surface area contributed by atoms with Gasteiger partial charge in [-0.2, -0.15) is 0 Å². The van der Waals surface area contributed by atoms with Crippen molar-refractivity contribution in [2.75, 3.05) is 20.7 Å². The van der Waals surface area contributed by atoms with Gasteiger partial charge in [0.2, 0.25) is 0 Å².